The van der Waals surface area contributed by atoms with Crippen molar-refractivity contribution >= 4 is 28.9 Å². The lowest BCUT2D eigenvalue weighted by molar-refractivity contribution is 0.0954. The number of anilines is 1. The van der Waals surface area contributed by atoms with E-state index in [4.69, 9.17) is 16.3 Å². The number of rotatable bonds is 4. The molecular formula is C20H19ClF3N3O2. The van der Waals surface area contributed by atoms with Crippen LogP contribution >= 0.6 is 11.6 Å². The Kier molecular flexibility index (Phi) is 6.44. The predicted octanol–water partition coefficient (Wildman–Crippen LogP) is 4.06. The molecular weight excluding hydrogens is 407 g/mol. The molecule has 5 nitrogen and oxygen atoms in total. The van der Waals surface area contributed by atoms with Gasteiger partial charge in [0.25, 0.3) is 5.91 Å². The van der Waals surface area contributed by atoms with Gasteiger partial charge in [-0.15, -0.1) is 0 Å². The SMILES string of the molecule is CC(=NNC(=O)c1cc(F)c(F)cc1Cl)c1cc(F)c(N2CCOCC2)cc1C. The first-order valence-corrected chi connectivity index (χ1v) is 9.28. The first-order chi connectivity index (χ1) is 13.8. The van der Waals surface area contributed by atoms with Crippen LogP contribution < -0.4 is 10.3 Å². The Hall–Kier alpha value is -2.58. The summed E-state index contributed by atoms with van der Waals surface area (Å²) in [6, 6.07) is 4.49. The monoisotopic (exact) mass is 425 g/mol. The van der Waals surface area contributed by atoms with Crippen LogP contribution in [0.25, 0.3) is 0 Å². The Morgan fingerprint density at radius 2 is 1.69 bits per heavy atom. The van der Waals surface area contributed by atoms with Crippen molar-refractivity contribution in [3.05, 3.63) is 63.4 Å². The minimum absolute atomic E-state index is 0.244. The number of amides is 1. The lowest BCUT2D eigenvalue weighted by atomic mass is 10.0. The number of hydrazone groups is 1. The third-order valence-electron chi connectivity index (χ3n) is 4.62. The fourth-order valence-corrected chi connectivity index (χ4v) is 3.29. The van der Waals surface area contributed by atoms with E-state index in [9.17, 15) is 18.0 Å². The van der Waals surface area contributed by atoms with E-state index < -0.39 is 23.4 Å². The molecule has 1 aliphatic heterocycles. The molecule has 0 spiro atoms. The van der Waals surface area contributed by atoms with E-state index in [0.29, 0.717) is 55.4 Å². The van der Waals surface area contributed by atoms with Crippen molar-refractivity contribution in [2.75, 3.05) is 31.2 Å². The number of carbonyl (C=O) groups excluding carboxylic acids is 1. The minimum atomic E-state index is -1.20. The Morgan fingerprint density at radius 3 is 2.38 bits per heavy atom. The molecule has 2 aromatic carbocycles. The summed E-state index contributed by atoms with van der Waals surface area (Å²) >= 11 is 5.79. The summed E-state index contributed by atoms with van der Waals surface area (Å²) < 4.78 is 46.5. The summed E-state index contributed by atoms with van der Waals surface area (Å²) in [5.74, 6) is -3.57. The van der Waals surface area contributed by atoms with Gasteiger partial charge in [0.15, 0.2) is 11.6 Å². The predicted molar refractivity (Wildman–Crippen MR) is 105 cm³/mol. The Balaban J connectivity index is 1.80. The quantitative estimate of drug-likeness (QED) is 0.456. The molecule has 154 valence electrons. The van der Waals surface area contributed by atoms with E-state index in [2.05, 4.69) is 10.5 Å². The van der Waals surface area contributed by atoms with Gasteiger partial charge in [0.1, 0.15) is 5.82 Å². The molecule has 0 atom stereocenters. The van der Waals surface area contributed by atoms with Crippen LogP contribution in [-0.2, 0) is 4.74 Å². The summed E-state index contributed by atoms with van der Waals surface area (Å²) in [6.45, 7) is 5.70. The highest BCUT2D eigenvalue weighted by molar-refractivity contribution is 6.33. The van der Waals surface area contributed by atoms with Crippen molar-refractivity contribution in [2.45, 2.75) is 13.8 Å². The molecule has 1 heterocycles. The van der Waals surface area contributed by atoms with Gasteiger partial charge in [0.05, 0.1) is 35.2 Å². The normalized spacial score (nSPS) is 14.8. The highest BCUT2D eigenvalue weighted by Gasteiger charge is 2.18. The van der Waals surface area contributed by atoms with Gasteiger partial charge in [-0.05, 0) is 43.7 Å². The molecule has 2 aromatic rings. The van der Waals surface area contributed by atoms with Crippen LogP contribution in [0.15, 0.2) is 29.4 Å². The van der Waals surface area contributed by atoms with Gasteiger partial charge in [-0.3, -0.25) is 4.79 Å². The highest BCUT2D eigenvalue weighted by Crippen LogP contribution is 2.25. The van der Waals surface area contributed by atoms with Gasteiger partial charge in [-0.25, -0.2) is 18.6 Å². The van der Waals surface area contributed by atoms with Crippen molar-refractivity contribution in [1.29, 1.82) is 0 Å². The second kappa shape index (κ2) is 8.84. The number of carbonyl (C=O) groups is 1. The molecule has 9 heteroatoms. The van der Waals surface area contributed by atoms with E-state index in [-0.39, 0.29) is 10.6 Å². The van der Waals surface area contributed by atoms with Gasteiger partial charge >= 0.3 is 0 Å². The summed E-state index contributed by atoms with van der Waals surface area (Å²) in [4.78, 5) is 14.1. The molecule has 0 bridgehead atoms. The topological polar surface area (TPSA) is 53.9 Å². The second-order valence-corrected chi connectivity index (χ2v) is 7.01. The Bertz CT molecular complexity index is 976. The number of ether oxygens (including phenoxy) is 1. The summed E-state index contributed by atoms with van der Waals surface area (Å²) in [5, 5.41) is 3.71. The van der Waals surface area contributed by atoms with Crippen LogP contribution in [0, 0.1) is 24.4 Å². The van der Waals surface area contributed by atoms with Crippen LogP contribution in [0.4, 0.5) is 18.9 Å². The Morgan fingerprint density at radius 1 is 1.07 bits per heavy atom. The van der Waals surface area contributed by atoms with Gasteiger partial charge in [-0.1, -0.05) is 11.6 Å². The number of hydrogen-bond acceptors (Lipinski definition) is 4. The molecule has 0 aromatic heterocycles. The number of morpholine rings is 1. The van der Waals surface area contributed by atoms with Crippen LogP contribution in [0.5, 0.6) is 0 Å². The van der Waals surface area contributed by atoms with Crippen LogP contribution in [0.2, 0.25) is 5.02 Å². The third kappa shape index (κ3) is 4.71. The standard InChI is InChI=1S/C20H19ClF3N3O2/c1-11-7-19(27-3-5-29-6-4-27)18(24)8-13(11)12(2)25-26-20(28)14-9-16(22)17(23)10-15(14)21/h7-10H,3-6H2,1-2H3,(H,26,28). The van der Waals surface area contributed by atoms with E-state index in [1.165, 1.54) is 6.07 Å². The molecule has 29 heavy (non-hydrogen) atoms. The fraction of sp³-hybridized carbons (Fsp3) is 0.300. The van der Waals surface area contributed by atoms with Crippen LogP contribution in [-0.4, -0.2) is 37.9 Å². The lowest BCUT2D eigenvalue weighted by Crippen LogP contribution is -2.36. The number of benzene rings is 2. The average molecular weight is 426 g/mol. The van der Waals surface area contributed by atoms with E-state index in [1.807, 2.05) is 11.8 Å². The summed E-state index contributed by atoms with van der Waals surface area (Å²) in [6.07, 6.45) is 0. The molecule has 0 radical (unpaired) electrons. The Labute approximate surface area is 171 Å². The number of aryl methyl sites for hydroxylation is 1. The summed E-state index contributed by atoms with van der Waals surface area (Å²) in [7, 11) is 0. The maximum atomic E-state index is 14.7. The second-order valence-electron chi connectivity index (χ2n) is 6.60. The molecule has 1 N–H and O–H groups in total. The zero-order valence-electron chi connectivity index (χ0n) is 15.9. The van der Waals surface area contributed by atoms with Crippen molar-refractivity contribution in [3.8, 4) is 0 Å². The van der Waals surface area contributed by atoms with Crippen molar-refractivity contribution in [3.63, 3.8) is 0 Å². The van der Waals surface area contributed by atoms with E-state index >= 15 is 0 Å². The first kappa shape index (κ1) is 21.1. The molecule has 0 saturated carbocycles. The molecule has 1 saturated heterocycles. The zero-order valence-corrected chi connectivity index (χ0v) is 16.6. The van der Waals surface area contributed by atoms with Gasteiger partial charge in [-0.2, -0.15) is 5.10 Å². The number of halogens is 4. The maximum Gasteiger partial charge on any atom is 0.272 e. The minimum Gasteiger partial charge on any atom is -0.378 e. The largest absolute Gasteiger partial charge is 0.378 e. The molecule has 0 unspecified atom stereocenters. The van der Waals surface area contributed by atoms with Gasteiger partial charge in [0, 0.05) is 18.7 Å². The number of hydrogen-bond donors (Lipinski definition) is 1. The number of nitrogens with zero attached hydrogens (tertiary/aromatic N) is 2. The van der Waals surface area contributed by atoms with Crippen molar-refractivity contribution < 1.29 is 22.7 Å². The van der Waals surface area contributed by atoms with Gasteiger partial charge in [0.2, 0.25) is 0 Å². The van der Waals surface area contributed by atoms with E-state index in [1.54, 1.807) is 13.0 Å². The maximum absolute atomic E-state index is 14.7. The number of nitrogens with one attached hydrogen (secondary N) is 1. The third-order valence-corrected chi connectivity index (χ3v) is 4.93. The fourth-order valence-electron chi connectivity index (χ4n) is 3.05. The van der Waals surface area contributed by atoms with Crippen LogP contribution in [0.3, 0.4) is 0 Å². The molecule has 1 fully saturated rings. The van der Waals surface area contributed by atoms with Gasteiger partial charge < -0.3 is 9.64 Å². The van der Waals surface area contributed by atoms with E-state index in [0.717, 1.165) is 5.56 Å². The first-order valence-electron chi connectivity index (χ1n) is 8.90. The van der Waals surface area contributed by atoms with Crippen molar-refractivity contribution in [2.24, 2.45) is 5.10 Å². The van der Waals surface area contributed by atoms with Crippen LogP contribution in [0.1, 0.15) is 28.4 Å². The molecule has 1 aliphatic rings. The molecule has 3 rings (SSSR count). The smallest absolute Gasteiger partial charge is 0.272 e. The molecule has 1 amide bonds. The highest BCUT2D eigenvalue weighted by atomic mass is 35.5. The van der Waals surface area contributed by atoms with Crippen molar-refractivity contribution in [1.82, 2.24) is 5.43 Å². The molecule has 0 aliphatic carbocycles. The summed E-state index contributed by atoms with van der Waals surface area (Å²) in [5.41, 5.74) is 4.10. The zero-order chi connectivity index (χ0) is 21.1. The average Bonchev–Trinajstić information content (AvgIpc) is 2.70. The lowest BCUT2D eigenvalue weighted by Gasteiger charge is -2.29.